The van der Waals surface area contributed by atoms with E-state index in [1.807, 2.05) is 30.3 Å². The number of nitrogens with zero attached hydrogens (tertiary/aromatic N) is 3. The van der Waals surface area contributed by atoms with Gasteiger partial charge in [0, 0.05) is 20.8 Å². The molecule has 10 heteroatoms. The number of carbonyl (C=O) groups excluding carboxylic acids is 3. The van der Waals surface area contributed by atoms with Crippen LogP contribution in [0.4, 0.5) is 0 Å². The number of hydrogen-bond acceptors (Lipinski definition) is 9. The van der Waals surface area contributed by atoms with Crippen molar-refractivity contribution in [2.75, 3.05) is 6.61 Å². The zero-order valence-electron chi connectivity index (χ0n) is 16.3. The molecule has 1 aromatic carbocycles. The average molecular weight is 405 g/mol. The van der Waals surface area contributed by atoms with E-state index in [9.17, 15) is 19.5 Å². The number of benzene rings is 1. The van der Waals surface area contributed by atoms with E-state index in [1.54, 1.807) is 0 Å². The van der Waals surface area contributed by atoms with Gasteiger partial charge in [0.1, 0.15) is 18.4 Å². The van der Waals surface area contributed by atoms with Crippen LogP contribution in [0.25, 0.3) is 0 Å². The van der Waals surface area contributed by atoms with Crippen molar-refractivity contribution in [1.82, 2.24) is 15.0 Å². The molecule has 2 rings (SSSR count). The topological polar surface area (TPSA) is 130 Å². The van der Waals surface area contributed by atoms with Crippen LogP contribution in [0, 0.1) is 0 Å². The van der Waals surface area contributed by atoms with Gasteiger partial charge in [0.05, 0.1) is 12.7 Å². The van der Waals surface area contributed by atoms with Gasteiger partial charge in [-0.25, -0.2) is 4.68 Å². The second kappa shape index (κ2) is 10.3. The highest BCUT2D eigenvalue weighted by Gasteiger charge is 2.37. The lowest BCUT2D eigenvalue weighted by molar-refractivity contribution is -0.181. The van der Waals surface area contributed by atoms with E-state index >= 15 is 0 Å². The molecular formula is C19H23N3O7. The third kappa shape index (κ3) is 7.00. The third-order valence-electron chi connectivity index (χ3n) is 3.77. The number of aliphatic hydroxyl groups is 1. The molecular weight excluding hydrogens is 382 g/mol. The first-order valence-corrected chi connectivity index (χ1v) is 8.86. The second-order valence-electron chi connectivity index (χ2n) is 6.30. The highest BCUT2D eigenvalue weighted by Crippen LogP contribution is 2.25. The van der Waals surface area contributed by atoms with Gasteiger partial charge in [-0.15, -0.1) is 5.10 Å². The minimum Gasteiger partial charge on any atom is -0.463 e. The first-order chi connectivity index (χ1) is 13.8. The summed E-state index contributed by atoms with van der Waals surface area (Å²) in [4.78, 5) is 34.2. The summed E-state index contributed by atoms with van der Waals surface area (Å²) < 4.78 is 16.7. The highest BCUT2D eigenvalue weighted by molar-refractivity contribution is 5.67. The number of carbonyl (C=O) groups is 3. The van der Waals surface area contributed by atoms with Crippen LogP contribution in [0.1, 0.15) is 38.1 Å². The van der Waals surface area contributed by atoms with Gasteiger partial charge in [-0.3, -0.25) is 14.4 Å². The molecule has 0 radical (unpaired) electrons. The summed E-state index contributed by atoms with van der Waals surface area (Å²) in [5.41, 5.74) is 1.14. The molecule has 0 spiro atoms. The molecule has 0 bridgehead atoms. The Bertz CT molecular complexity index is 837. The predicted octanol–water partition coefficient (Wildman–Crippen LogP) is 0.786. The van der Waals surface area contributed by atoms with Gasteiger partial charge >= 0.3 is 17.9 Å². The van der Waals surface area contributed by atoms with E-state index in [4.69, 9.17) is 14.2 Å². The van der Waals surface area contributed by atoms with Gasteiger partial charge in [0.15, 0.2) is 12.2 Å². The van der Waals surface area contributed by atoms with Crippen LogP contribution in [-0.2, 0) is 35.1 Å². The monoisotopic (exact) mass is 405 g/mol. The number of aromatic nitrogens is 3. The van der Waals surface area contributed by atoms with E-state index in [2.05, 4.69) is 10.3 Å². The first-order valence-electron chi connectivity index (χ1n) is 8.86. The Morgan fingerprint density at radius 2 is 1.69 bits per heavy atom. The molecule has 156 valence electrons. The van der Waals surface area contributed by atoms with Crippen LogP contribution in [-0.4, -0.2) is 56.8 Å². The van der Waals surface area contributed by atoms with Crippen molar-refractivity contribution in [2.24, 2.45) is 0 Å². The zero-order chi connectivity index (χ0) is 21.4. The summed E-state index contributed by atoms with van der Waals surface area (Å²) in [6.07, 6.45) is -2.52. The van der Waals surface area contributed by atoms with E-state index in [0.29, 0.717) is 6.54 Å². The fourth-order valence-electron chi connectivity index (χ4n) is 2.60. The fourth-order valence-corrected chi connectivity index (χ4v) is 2.60. The molecule has 10 nitrogen and oxygen atoms in total. The van der Waals surface area contributed by atoms with E-state index in [0.717, 1.165) is 12.5 Å². The van der Waals surface area contributed by atoms with E-state index < -0.39 is 42.8 Å². The maximum Gasteiger partial charge on any atom is 0.303 e. The summed E-state index contributed by atoms with van der Waals surface area (Å²) >= 11 is 0. The molecule has 0 amide bonds. The minimum absolute atomic E-state index is 0.171. The molecule has 0 aliphatic heterocycles. The van der Waals surface area contributed by atoms with Crippen molar-refractivity contribution in [3.63, 3.8) is 0 Å². The van der Waals surface area contributed by atoms with Crippen LogP contribution in [0.5, 0.6) is 0 Å². The zero-order valence-corrected chi connectivity index (χ0v) is 16.3. The fraction of sp³-hybridized carbons (Fsp3) is 0.421. The Morgan fingerprint density at radius 3 is 2.28 bits per heavy atom. The molecule has 0 aliphatic rings. The molecule has 3 atom stereocenters. The van der Waals surface area contributed by atoms with Crippen molar-refractivity contribution in [3.8, 4) is 0 Å². The summed E-state index contributed by atoms with van der Waals surface area (Å²) in [7, 11) is 0. The summed E-state index contributed by atoms with van der Waals surface area (Å²) in [6.45, 7) is 3.44. The van der Waals surface area contributed by atoms with Crippen molar-refractivity contribution in [2.45, 2.75) is 45.6 Å². The predicted molar refractivity (Wildman–Crippen MR) is 98.3 cm³/mol. The maximum absolute atomic E-state index is 11.6. The van der Waals surface area contributed by atoms with Gasteiger partial charge in [0.25, 0.3) is 0 Å². The Morgan fingerprint density at radius 1 is 1.03 bits per heavy atom. The van der Waals surface area contributed by atoms with Crippen LogP contribution in [0.3, 0.4) is 0 Å². The van der Waals surface area contributed by atoms with Gasteiger partial charge in [-0.2, -0.15) is 0 Å². The molecule has 0 fully saturated rings. The minimum atomic E-state index is -1.45. The van der Waals surface area contributed by atoms with Gasteiger partial charge < -0.3 is 19.3 Å². The van der Waals surface area contributed by atoms with Crippen molar-refractivity contribution < 1.29 is 33.7 Å². The molecule has 0 aliphatic carbocycles. The van der Waals surface area contributed by atoms with Crippen molar-refractivity contribution in [3.05, 3.63) is 47.8 Å². The highest BCUT2D eigenvalue weighted by atomic mass is 16.6. The summed E-state index contributed by atoms with van der Waals surface area (Å²) in [6, 6.07) is 9.49. The van der Waals surface area contributed by atoms with Crippen LogP contribution < -0.4 is 0 Å². The molecule has 2 aromatic rings. The molecule has 29 heavy (non-hydrogen) atoms. The lowest BCUT2D eigenvalue weighted by atomic mass is 10.1. The van der Waals surface area contributed by atoms with Crippen LogP contribution >= 0.6 is 0 Å². The standard InChI is InChI=1S/C19H23N3O7/c1-12(23)27-11-17(26)19(29-14(3)25)18(28-13(2)24)16-10-22(21-20-16)9-15-7-5-4-6-8-15/h4-8,10,17-19,26H,9,11H2,1-3H3/t17-,18-,19-/m1/s1. The Kier molecular flexibility index (Phi) is 7.84. The number of esters is 3. The van der Waals surface area contributed by atoms with Crippen LogP contribution in [0.2, 0.25) is 0 Å². The molecule has 0 saturated carbocycles. The summed E-state index contributed by atoms with van der Waals surface area (Å²) in [5, 5.41) is 18.4. The van der Waals surface area contributed by atoms with Crippen LogP contribution in [0.15, 0.2) is 36.5 Å². The normalized spacial score (nSPS) is 13.8. The number of ether oxygens (including phenoxy) is 3. The SMILES string of the molecule is CC(=O)OC[C@@H](O)[C@@H](OC(C)=O)[C@H](OC(C)=O)c1cn(Cc2ccccc2)nn1. The number of hydrogen-bond donors (Lipinski definition) is 1. The lowest BCUT2D eigenvalue weighted by Gasteiger charge is -2.28. The van der Waals surface area contributed by atoms with Gasteiger partial charge in [-0.05, 0) is 5.56 Å². The van der Waals surface area contributed by atoms with E-state index in [-0.39, 0.29) is 5.69 Å². The molecule has 0 unspecified atom stereocenters. The third-order valence-corrected chi connectivity index (χ3v) is 3.77. The number of rotatable bonds is 9. The molecule has 1 aromatic heterocycles. The van der Waals surface area contributed by atoms with Gasteiger partial charge in [0.2, 0.25) is 0 Å². The molecule has 0 saturated heterocycles. The van der Waals surface area contributed by atoms with Gasteiger partial charge in [-0.1, -0.05) is 35.5 Å². The van der Waals surface area contributed by atoms with Crippen molar-refractivity contribution >= 4 is 17.9 Å². The lowest BCUT2D eigenvalue weighted by Crippen LogP contribution is -2.41. The smallest absolute Gasteiger partial charge is 0.303 e. The first kappa shape index (κ1) is 22.0. The average Bonchev–Trinajstić information content (AvgIpc) is 3.11. The summed E-state index contributed by atoms with van der Waals surface area (Å²) in [5.74, 6) is -2.02. The molecule has 1 heterocycles. The number of aliphatic hydroxyl groups excluding tert-OH is 1. The quantitative estimate of drug-likeness (QED) is 0.475. The Hall–Kier alpha value is -3.27. The Labute approximate surface area is 167 Å². The van der Waals surface area contributed by atoms with Crippen molar-refractivity contribution in [1.29, 1.82) is 0 Å². The molecule has 1 N–H and O–H groups in total. The second-order valence-corrected chi connectivity index (χ2v) is 6.30. The largest absolute Gasteiger partial charge is 0.463 e. The maximum atomic E-state index is 11.6. The Balaban J connectivity index is 2.27. The van der Waals surface area contributed by atoms with E-state index in [1.165, 1.54) is 24.7 Å².